The Morgan fingerprint density at radius 2 is 1.44 bits per heavy atom. The number of aryl methyl sites for hydroxylation is 2. The van der Waals surface area contributed by atoms with Gasteiger partial charge in [-0.05, 0) is 74.6 Å². The molecule has 1 aliphatic rings. The van der Waals surface area contributed by atoms with Gasteiger partial charge in [0.25, 0.3) is 0 Å². The summed E-state index contributed by atoms with van der Waals surface area (Å²) in [5.41, 5.74) is 3.14. The van der Waals surface area contributed by atoms with E-state index in [1.807, 2.05) is 24.8 Å². The normalized spacial score (nSPS) is 13.4. The van der Waals surface area contributed by atoms with Crippen molar-refractivity contribution in [1.29, 1.82) is 0 Å². The molecule has 4 rings (SSSR count). The molecule has 2 heterocycles. The lowest BCUT2D eigenvalue weighted by molar-refractivity contribution is 0.0599. The van der Waals surface area contributed by atoms with Gasteiger partial charge >= 0.3 is 11.9 Å². The molecule has 0 aliphatic carbocycles. The molecule has 0 bridgehead atoms. The van der Waals surface area contributed by atoms with Crippen molar-refractivity contribution in [2.75, 3.05) is 55.9 Å². The van der Waals surface area contributed by atoms with Gasteiger partial charge in [-0.3, -0.25) is 5.32 Å². The number of hydrogen-bond acceptors (Lipinski definition) is 8. The molecule has 0 saturated carbocycles. The molecule has 2 aromatic carbocycles. The smallest absolute Gasteiger partial charge is 0.337 e. The van der Waals surface area contributed by atoms with Crippen LogP contribution in [-0.4, -0.2) is 78.3 Å². The number of aliphatic imine (C=N–C) groups is 1. The number of carbonyl (C=O) groups is 2. The van der Waals surface area contributed by atoms with Crippen LogP contribution in [0.2, 0.25) is 0 Å². The van der Waals surface area contributed by atoms with Crippen LogP contribution in [0.1, 0.15) is 32.1 Å². The second-order valence-electron chi connectivity index (χ2n) is 9.20. The molecule has 3 aromatic rings. The van der Waals surface area contributed by atoms with Gasteiger partial charge in [0.15, 0.2) is 0 Å². The molecule has 1 aliphatic heterocycles. The fourth-order valence-corrected chi connectivity index (χ4v) is 4.51. The van der Waals surface area contributed by atoms with Crippen molar-refractivity contribution < 1.29 is 23.5 Å². The summed E-state index contributed by atoms with van der Waals surface area (Å²) in [6.07, 6.45) is 0. The molecular weight excluding hydrogens is 549 g/mol. The topological polar surface area (TPSA) is 121 Å². The third kappa shape index (κ3) is 7.72. The van der Waals surface area contributed by atoms with E-state index in [1.165, 1.54) is 44.6 Å². The number of carbonyl (C=O) groups excluding carboxylic acids is 2. The van der Waals surface area contributed by atoms with Crippen LogP contribution in [0, 0.1) is 19.7 Å². The molecule has 1 fully saturated rings. The largest absolute Gasteiger partial charge is 0.465 e. The van der Waals surface area contributed by atoms with Crippen LogP contribution < -0.4 is 15.5 Å². The van der Waals surface area contributed by atoms with E-state index in [2.05, 4.69) is 30.5 Å². The number of benzene rings is 2. The maximum Gasteiger partial charge on any atom is 0.337 e. The first-order valence-corrected chi connectivity index (χ1v) is 13.1. The number of ether oxygens (including phenoxy) is 2. The lowest BCUT2D eigenvalue weighted by Crippen LogP contribution is -2.51. The predicted molar refractivity (Wildman–Crippen MR) is 158 cm³/mol. The number of halogens is 1. The van der Waals surface area contributed by atoms with Crippen molar-refractivity contribution in [3.8, 4) is 0 Å². The number of esters is 2. The molecule has 0 atom stereocenters. The summed E-state index contributed by atoms with van der Waals surface area (Å²) in [5, 5.41) is 6.24. The number of thiocarbonyl (C=S) groups is 1. The summed E-state index contributed by atoms with van der Waals surface area (Å²) in [4.78, 5) is 42.1. The zero-order chi connectivity index (χ0) is 29.5. The highest BCUT2D eigenvalue weighted by Gasteiger charge is 2.22. The second-order valence-corrected chi connectivity index (χ2v) is 9.58. The summed E-state index contributed by atoms with van der Waals surface area (Å²) in [7, 11) is 2.50. The van der Waals surface area contributed by atoms with Gasteiger partial charge in [-0.15, -0.1) is 0 Å². The fourth-order valence-electron chi connectivity index (χ4n) is 4.31. The van der Waals surface area contributed by atoms with Crippen LogP contribution in [0.3, 0.4) is 0 Å². The summed E-state index contributed by atoms with van der Waals surface area (Å²) in [6, 6.07) is 12.6. The Bertz CT molecular complexity index is 1420. The highest BCUT2D eigenvalue weighted by atomic mass is 32.1. The van der Waals surface area contributed by atoms with Crippen molar-refractivity contribution in [3.63, 3.8) is 0 Å². The lowest BCUT2D eigenvalue weighted by atomic mass is 10.1. The summed E-state index contributed by atoms with van der Waals surface area (Å²) < 4.78 is 23.0. The minimum absolute atomic E-state index is 0.0654. The molecule has 0 spiro atoms. The first kappa shape index (κ1) is 29.3. The summed E-state index contributed by atoms with van der Waals surface area (Å²) >= 11 is 5.55. The minimum Gasteiger partial charge on any atom is -0.465 e. The van der Waals surface area contributed by atoms with Crippen molar-refractivity contribution >= 4 is 52.6 Å². The molecule has 41 heavy (non-hydrogen) atoms. The molecule has 0 unspecified atom stereocenters. The first-order chi connectivity index (χ1) is 19.6. The Morgan fingerprint density at radius 1 is 0.878 bits per heavy atom. The lowest BCUT2D eigenvalue weighted by Gasteiger charge is -2.37. The van der Waals surface area contributed by atoms with Gasteiger partial charge in [0.2, 0.25) is 17.0 Å². The van der Waals surface area contributed by atoms with E-state index in [1.54, 1.807) is 12.1 Å². The van der Waals surface area contributed by atoms with Gasteiger partial charge in [0.1, 0.15) is 5.82 Å². The number of anilines is 3. The molecular formula is C28H30FN7O4S. The van der Waals surface area contributed by atoms with Crippen molar-refractivity contribution in [1.82, 2.24) is 14.9 Å². The van der Waals surface area contributed by atoms with E-state index in [0.717, 1.165) is 17.1 Å². The predicted octanol–water partition coefficient (Wildman–Crippen LogP) is 3.79. The number of rotatable bonds is 5. The Hall–Kier alpha value is -4.65. The standard InChI is InChI=1S/C28H30FN7O4S/c1-17-13-18(2)31-26(30-17)33-27(36-11-9-35(10-12-36)23-7-5-21(29)6-8-23)34-28(41)32-22-15-19(24(37)39-3)14-20(16-22)25(38)40-4/h5-8,13-16H,9-12H2,1-4H3,(H2,30,31,32,33,34,41). The average molecular weight is 580 g/mol. The molecule has 13 heteroatoms. The van der Waals surface area contributed by atoms with Crippen LogP contribution in [-0.2, 0) is 9.47 Å². The minimum atomic E-state index is -0.624. The highest BCUT2D eigenvalue weighted by Crippen LogP contribution is 2.19. The monoisotopic (exact) mass is 579 g/mol. The van der Waals surface area contributed by atoms with E-state index < -0.39 is 11.9 Å². The summed E-state index contributed by atoms with van der Waals surface area (Å²) in [5.74, 6) is -0.742. The number of hydrogen-bond donors (Lipinski definition) is 2. The maximum absolute atomic E-state index is 13.4. The van der Waals surface area contributed by atoms with Gasteiger partial charge in [0, 0.05) is 48.9 Å². The average Bonchev–Trinajstić information content (AvgIpc) is 2.95. The van der Waals surface area contributed by atoms with E-state index >= 15 is 0 Å². The number of methoxy groups -OCH3 is 2. The second kappa shape index (κ2) is 13.1. The molecule has 214 valence electrons. The molecule has 1 saturated heterocycles. The Morgan fingerprint density at radius 3 is 1.98 bits per heavy atom. The van der Waals surface area contributed by atoms with E-state index in [9.17, 15) is 14.0 Å². The maximum atomic E-state index is 13.4. The Balaban J connectivity index is 1.59. The number of nitrogens with one attached hydrogen (secondary N) is 2. The highest BCUT2D eigenvalue weighted by molar-refractivity contribution is 7.80. The van der Waals surface area contributed by atoms with Crippen LogP contribution in [0.25, 0.3) is 0 Å². The van der Waals surface area contributed by atoms with Gasteiger partial charge in [-0.1, -0.05) is 0 Å². The van der Waals surface area contributed by atoms with Gasteiger partial charge in [-0.25, -0.2) is 23.9 Å². The fraction of sp³-hybridized carbons (Fsp3) is 0.286. The van der Waals surface area contributed by atoms with Crippen LogP contribution in [0.5, 0.6) is 0 Å². The van der Waals surface area contributed by atoms with Crippen molar-refractivity contribution in [2.45, 2.75) is 13.8 Å². The summed E-state index contributed by atoms with van der Waals surface area (Å²) in [6.45, 7) is 6.23. The molecule has 0 radical (unpaired) electrons. The number of aromatic nitrogens is 2. The third-order valence-corrected chi connectivity index (χ3v) is 6.40. The molecule has 0 amide bonds. The van der Waals surface area contributed by atoms with Crippen LogP contribution >= 0.6 is 12.2 Å². The van der Waals surface area contributed by atoms with Crippen LogP contribution in [0.15, 0.2) is 53.5 Å². The number of nitrogens with zero attached hydrogens (tertiary/aromatic N) is 5. The SMILES string of the molecule is COC(=O)c1cc(NC(=S)/N=C(/Nc2nc(C)cc(C)n2)N2CCN(c3ccc(F)cc3)CC2)cc(C(=O)OC)c1. The van der Waals surface area contributed by atoms with Gasteiger partial charge in [-0.2, -0.15) is 4.99 Å². The molecule has 2 N–H and O–H groups in total. The molecule has 1 aromatic heterocycles. The van der Waals surface area contributed by atoms with E-state index in [4.69, 9.17) is 21.7 Å². The van der Waals surface area contributed by atoms with Gasteiger partial charge in [0.05, 0.1) is 25.3 Å². The Labute approximate surface area is 242 Å². The zero-order valence-electron chi connectivity index (χ0n) is 23.1. The molecule has 11 nitrogen and oxygen atoms in total. The van der Waals surface area contributed by atoms with E-state index in [0.29, 0.717) is 43.8 Å². The zero-order valence-corrected chi connectivity index (χ0v) is 23.9. The number of piperazine rings is 1. The van der Waals surface area contributed by atoms with Gasteiger partial charge < -0.3 is 24.6 Å². The van der Waals surface area contributed by atoms with E-state index in [-0.39, 0.29) is 22.1 Å². The van der Waals surface area contributed by atoms with Crippen LogP contribution in [0.4, 0.5) is 21.7 Å². The first-order valence-electron chi connectivity index (χ1n) is 12.7. The third-order valence-electron chi connectivity index (χ3n) is 6.21. The Kier molecular flexibility index (Phi) is 9.40. The number of guanidine groups is 1. The quantitative estimate of drug-likeness (QED) is 0.199. The van der Waals surface area contributed by atoms with Crippen molar-refractivity contribution in [3.05, 3.63) is 76.9 Å². The van der Waals surface area contributed by atoms with Crippen molar-refractivity contribution in [2.24, 2.45) is 4.99 Å².